The molecule has 0 aromatic heterocycles. The molecule has 0 amide bonds. The molecule has 0 heterocycles. The summed E-state index contributed by atoms with van der Waals surface area (Å²) in [6.07, 6.45) is 5.93. The van der Waals surface area contributed by atoms with Crippen LogP contribution in [0.2, 0.25) is 0 Å². The topological polar surface area (TPSA) is 12.0 Å². The Hall–Kier alpha value is -0.610. The molecule has 1 aromatic rings. The van der Waals surface area contributed by atoms with E-state index in [2.05, 4.69) is 12.2 Å². The van der Waals surface area contributed by atoms with Crippen LogP contribution in [0.25, 0.3) is 0 Å². The van der Waals surface area contributed by atoms with Crippen LogP contribution in [0.4, 0.5) is 8.78 Å². The zero-order valence-electron chi connectivity index (χ0n) is 11.3. The Kier molecular flexibility index (Phi) is 5.64. The first-order valence-corrected chi connectivity index (χ1v) is 7.93. The summed E-state index contributed by atoms with van der Waals surface area (Å²) in [4.78, 5) is 0.566. The minimum Gasteiger partial charge on any atom is -0.313 e. The van der Waals surface area contributed by atoms with E-state index in [9.17, 15) is 8.78 Å². The molecule has 1 N–H and O–H groups in total. The van der Waals surface area contributed by atoms with Crippen molar-refractivity contribution in [3.63, 3.8) is 0 Å². The first-order valence-electron chi connectivity index (χ1n) is 7.05. The van der Waals surface area contributed by atoms with Crippen LogP contribution in [0.1, 0.15) is 39.0 Å². The lowest BCUT2D eigenvalue weighted by molar-refractivity contribution is 0.481. The molecule has 1 aliphatic carbocycles. The van der Waals surface area contributed by atoms with Crippen LogP contribution < -0.4 is 5.32 Å². The molecule has 4 heteroatoms. The Morgan fingerprint density at radius 3 is 2.74 bits per heavy atom. The maximum Gasteiger partial charge on any atom is 0.139 e. The molecule has 2 rings (SSSR count). The van der Waals surface area contributed by atoms with Gasteiger partial charge in [-0.25, -0.2) is 8.78 Å². The molecular formula is C15H21F2NS. The van der Waals surface area contributed by atoms with Crippen molar-refractivity contribution in [1.82, 2.24) is 5.32 Å². The number of halogens is 2. The van der Waals surface area contributed by atoms with Gasteiger partial charge in [-0.05, 0) is 31.5 Å². The van der Waals surface area contributed by atoms with E-state index in [0.29, 0.717) is 16.2 Å². The van der Waals surface area contributed by atoms with Gasteiger partial charge in [0.15, 0.2) is 0 Å². The van der Waals surface area contributed by atoms with Crippen molar-refractivity contribution in [2.75, 3.05) is 6.54 Å². The lowest BCUT2D eigenvalue weighted by atomic mass is 10.1. The standard InChI is InChI=1S/C15H21F2NS/c1-2-18-13-6-4-3-5-7-15(13)19-14-9-8-11(16)10-12(14)17/h8-10,13,15,18H,2-7H2,1H3. The lowest BCUT2D eigenvalue weighted by Crippen LogP contribution is -2.37. The predicted octanol–water partition coefficient (Wildman–Crippen LogP) is 4.37. The van der Waals surface area contributed by atoms with Gasteiger partial charge in [0, 0.05) is 22.3 Å². The van der Waals surface area contributed by atoms with Crippen molar-refractivity contribution >= 4 is 11.8 Å². The summed E-state index contributed by atoms with van der Waals surface area (Å²) in [5.74, 6) is -0.949. The van der Waals surface area contributed by atoms with Gasteiger partial charge in [-0.15, -0.1) is 11.8 Å². The van der Waals surface area contributed by atoms with Gasteiger partial charge in [-0.2, -0.15) is 0 Å². The molecule has 0 aliphatic heterocycles. The largest absolute Gasteiger partial charge is 0.313 e. The highest BCUT2D eigenvalue weighted by Crippen LogP contribution is 2.34. The van der Waals surface area contributed by atoms with Gasteiger partial charge in [-0.1, -0.05) is 26.2 Å². The SMILES string of the molecule is CCNC1CCCCCC1Sc1ccc(F)cc1F. The van der Waals surface area contributed by atoms with Crippen molar-refractivity contribution in [2.24, 2.45) is 0 Å². The summed E-state index contributed by atoms with van der Waals surface area (Å²) >= 11 is 1.56. The zero-order valence-corrected chi connectivity index (χ0v) is 12.1. The summed E-state index contributed by atoms with van der Waals surface area (Å²) < 4.78 is 26.7. The van der Waals surface area contributed by atoms with Gasteiger partial charge in [0.25, 0.3) is 0 Å². The zero-order chi connectivity index (χ0) is 13.7. The summed E-state index contributed by atoms with van der Waals surface area (Å²) in [6.45, 7) is 3.04. The fourth-order valence-electron chi connectivity index (χ4n) is 2.64. The molecule has 0 spiro atoms. The Morgan fingerprint density at radius 1 is 1.21 bits per heavy atom. The maximum absolute atomic E-state index is 13.7. The molecule has 1 aliphatic rings. The second-order valence-corrected chi connectivity index (χ2v) is 6.31. The van der Waals surface area contributed by atoms with Gasteiger partial charge in [0.1, 0.15) is 11.6 Å². The first kappa shape index (κ1) is 14.8. The number of nitrogens with one attached hydrogen (secondary N) is 1. The number of thioether (sulfide) groups is 1. The lowest BCUT2D eigenvalue weighted by Gasteiger charge is -2.25. The minimum absolute atomic E-state index is 0.377. The van der Waals surface area contributed by atoms with Crippen LogP contribution in [0.5, 0.6) is 0 Å². The van der Waals surface area contributed by atoms with E-state index < -0.39 is 11.6 Å². The number of hydrogen-bond donors (Lipinski definition) is 1. The number of benzene rings is 1. The van der Waals surface area contributed by atoms with Gasteiger partial charge < -0.3 is 5.32 Å². The molecule has 0 bridgehead atoms. The van der Waals surface area contributed by atoms with Crippen LogP contribution in [-0.4, -0.2) is 17.8 Å². The Morgan fingerprint density at radius 2 is 2.00 bits per heavy atom. The van der Waals surface area contributed by atoms with Crippen LogP contribution >= 0.6 is 11.8 Å². The molecule has 1 aromatic carbocycles. The summed E-state index contributed by atoms with van der Waals surface area (Å²) in [7, 11) is 0. The highest BCUT2D eigenvalue weighted by atomic mass is 32.2. The van der Waals surface area contributed by atoms with E-state index in [-0.39, 0.29) is 0 Å². The summed E-state index contributed by atoms with van der Waals surface area (Å²) in [5, 5.41) is 3.89. The van der Waals surface area contributed by atoms with Crippen molar-refractivity contribution in [2.45, 2.75) is 55.2 Å². The van der Waals surface area contributed by atoms with E-state index in [1.807, 2.05) is 0 Å². The number of rotatable bonds is 4. The Labute approximate surface area is 118 Å². The van der Waals surface area contributed by atoms with E-state index in [0.717, 1.165) is 25.5 Å². The quantitative estimate of drug-likeness (QED) is 0.825. The molecular weight excluding hydrogens is 264 g/mol. The van der Waals surface area contributed by atoms with Crippen LogP contribution in [0.3, 0.4) is 0 Å². The monoisotopic (exact) mass is 285 g/mol. The van der Waals surface area contributed by atoms with E-state index in [1.165, 1.54) is 25.3 Å². The third-order valence-electron chi connectivity index (χ3n) is 3.59. The fraction of sp³-hybridized carbons (Fsp3) is 0.600. The van der Waals surface area contributed by atoms with Crippen LogP contribution in [0.15, 0.2) is 23.1 Å². The van der Waals surface area contributed by atoms with Gasteiger partial charge in [0.2, 0.25) is 0 Å². The van der Waals surface area contributed by atoms with Gasteiger partial charge in [-0.3, -0.25) is 0 Å². The van der Waals surface area contributed by atoms with Crippen molar-refractivity contribution in [3.05, 3.63) is 29.8 Å². The summed E-state index contributed by atoms with van der Waals surface area (Å²) in [6, 6.07) is 4.30. The van der Waals surface area contributed by atoms with E-state index in [4.69, 9.17) is 0 Å². The predicted molar refractivity (Wildman–Crippen MR) is 76.6 cm³/mol. The molecule has 19 heavy (non-hydrogen) atoms. The summed E-state index contributed by atoms with van der Waals surface area (Å²) in [5.41, 5.74) is 0. The second kappa shape index (κ2) is 7.25. The van der Waals surface area contributed by atoms with Crippen molar-refractivity contribution < 1.29 is 8.78 Å². The number of hydrogen-bond acceptors (Lipinski definition) is 2. The average Bonchev–Trinajstić information content (AvgIpc) is 2.59. The van der Waals surface area contributed by atoms with Crippen molar-refractivity contribution in [1.29, 1.82) is 0 Å². The third-order valence-corrected chi connectivity index (χ3v) is 5.04. The third kappa shape index (κ3) is 4.18. The highest BCUT2D eigenvalue weighted by molar-refractivity contribution is 8.00. The fourth-order valence-corrected chi connectivity index (χ4v) is 3.97. The first-order chi connectivity index (χ1) is 9.20. The van der Waals surface area contributed by atoms with E-state index in [1.54, 1.807) is 17.8 Å². The Bertz CT molecular complexity index is 411. The molecule has 106 valence electrons. The maximum atomic E-state index is 13.7. The Balaban J connectivity index is 2.09. The molecule has 0 radical (unpaired) electrons. The van der Waals surface area contributed by atoms with Crippen LogP contribution in [0, 0.1) is 11.6 Å². The average molecular weight is 285 g/mol. The second-order valence-electron chi connectivity index (χ2n) is 5.03. The molecule has 1 nitrogen and oxygen atoms in total. The molecule has 1 saturated carbocycles. The molecule has 0 saturated heterocycles. The van der Waals surface area contributed by atoms with Crippen LogP contribution in [-0.2, 0) is 0 Å². The highest BCUT2D eigenvalue weighted by Gasteiger charge is 2.24. The van der Waals surface area contributed by atoms with Gasteiger partial charge >= 0.3 is 0 Å². The normalized spacial score (nSPS) is 24.2. The molecule has 2 unspecified atom stereocenters. The van der Waals surface area contributed by atoms with Crippen molar-refractivity contribution in [3.8, 4) is 0 Å². The molecule has 1 fully saturated rings. The van der Waals surface area contributed by atoms with Gasteiger partial charge in [0.05, 0.1) is 0 Å². The smallest absolute Gasteiger partial charge is 0.139 e. The minimum atomic E-state index is -0.508. The van der Waals surface area contributed by atoms with E-state index >= 15 is 0 Å². The molecule has 2 atom stereocenters.